The summed E-state index contributed by atoms with van der Waals surface area (Å²) in [4.78, 5) is 0. The zero-order valence-electron chi connectivity index (χ0n) is 9.55. The van der Waals surface area contributed by atoms with Gasteiger partial charge in [-0.15, -0.1) is 0 Å². The van der Waals surface area contributed by atoms with Gasteiger partial charge in [-0.3, -0.25) is 0 Å². The van der Waals surface area contributed by atoms with E-state index < -0.39 is 15.6 Å². The van der Waals surface area contributed by atoms with Crippen molar-refractivity contribution in [3.63, 3.8) is 0 Å². The van der Waals surface area contributed by atoms with Crippen LogP contribution in [0.4, 0.5) is 0 Å². The molecule has 0 aromatic carbocycles. The summed E-state index contributed by atoms with van der Waals surface area (Å²) >= 11 is 3.31. The number of sulfonamides is 1. The zero-order chi connectivity index (χ0) is 11.9. The van der Waals surface area contributed by atoms with Crippen LogP contribution in [0, 0.1) is 0 Å². The molecule has 0 amide bonds. The molecule has 0 radical (unpaired) electrons. The Morgan fingerprint density at radius 3 is 2.40 bits per heavy atom. The molecule has 1 atom stereocenters. The van der Waals surface area contributed by atoms with Crippen LogP contribution in [0.5, 0.6) is 0 Å². The second-order valence-electron chi connectivity index (χ2n) is 3.67. The van der Waals surface area contributed by atoms with E-state index in [1.54, 1.807) is 0 Å². The van der Waals surface area contributed by atoms with Crippen molar-refractivity contribution in [2.75, 3.05) is 24.3 Å². The normalized spacial score (nSPS) is 16.3. The second-order valence-corrected chi connectivity index (χ2v) is 6.07. The van der Waals surface area contributed by atoms with Crippen LogP contribution < -0.4 is 4.72 Å². The minimum Gasteiger partial charge on any atom is -0.381 e. The van der Waals surface area contributed by atoms with E-state index in [1.807, 2.05) is 20.8 Å². The fraction of sp³-hybridized carbons (Fsp3) is 1.00. The quantitative estimate of drug-likeness (QED) is 0.546. The number of rotatable bonds is 8. The maximum Gasteiger partial charge on any atom is 0.214 e. The molecule has 6 heteroatoms. The van der Waals surface area contributed by atoms with Crippen LogP contribution in [0.3, 0.4) is 0 Å². The van der Waals surface area contributed by atoms with Gasteiger partial charge in [-0.2, -0.15) is 0 Å². The van der Waals surface area contributed by atoms with Gasteiger partial charge in [0.25, 0.3) is 0 Å². The van der Waals surface area contributed by atoms with Crippen molar-refractivity contribution < 1.29 is 13.2 Å². The molecule has 0 fully saturated rings. The van der Waals surface area contributed by atoms with Gasteiger partial charge < -0.3 is 4.74 Å². The van der Waals surface area contributed by atoms with E-state index in [-0.39, 0.29) is 12.4 Å². The Bertz CT molecular complexity index is 263. The molecule has 92 valence electrons. The molecule has 0 heterocycles. The Morgan fingerprint density at radius 1 is 1.40 bits per heavy atom. The Morgan fingerprint density at radius 2 is 2.00 bits per heavy atom. The van der Waals surface area contributed by atoms with E-state index in [0.29, 0.717) is 11.9 Å². The minimum absolute atomic E-state index is 0.0173. The smallest absolute Gasteiger partial charge is 0.214 e. The first-order chi connectivity index (χ1) is 6.89. The van der Waals surface area contributed by atoms with Crippen molar-refractivity contribution in [1.82, 2.24) is 4.72 Å². The monoisotopic (exact) mass is 301 g/mol. The molecule has 1 unspecified atom stereocenters. The largest absolute Gasteiger partial charge is 0.381 e. The van der Waals surface area contributed by atoms with Crippen LogP contribution in [0.15, 0.2) is 0 Å². The van der Waals surface area contributed by atoms with Gasteiger partial charge >= 0.3 is 0 Å². The van der Waals surface area contributed by atoms with Gasteiger partial charge in [0.1, 0.15) is 0 Å². The van der Waals surface area contributed by atoms with Crippen molar-refractivity contribution >= 4 is 26.0 Å². The van der Waals surface area contributed by atoms with Gasteiger partial charge in [-0.25, -0.2) is 13.1 Å². The lowest BCUT2D eigenvalue weighted by Crippen LogP contribution is -2.48. The third-order valence-corrected chi connectivity index (χ3v) is 4.92. The summed E-state index contributed by atoms with van der Waals surface area (Å²) in [6, 6.07) is 0. The SMILES string of the molecule is CCOCCS(=O)(=O)NC(C)(CC)CBr. The lowest BCUT2D eigenvalue weighted by molar-refractivity contribution is 0.163. The van der Waals surface area contributed by atoms with Gasteiger partial charge in [-0.05, 0) is 20.3 Å². The summed E-state index contributed by atoms with van der Waals surface area (Å²) in [6.07, 6.45) is 0.742. The van der Waals surface area contributed by atoms with E-state index in [0.717, 1.165) is 6.42 Å². The third-order valence-electron chi connectivity index (χ3n) is 2.18. The lowest BCUT2D eigenvalue weighted by atomic mass is 10.0. The first-order valence-electron chi connectivity index (χ1n) is 5.04. The van der Waals surface area contributed by atoms with Crippen LogP contribution in [0.2, 0.25) is 0 Å². The van der Waals surface area contributed by atoms with Crippen LogP contribution in [0.1, 0.15) is 27.2 Å². The molecular formula is C9H20BrNO3S. The van der Waals surface area contributed by atoms with E-state index >= 15 is 0 Å². The maximum atomic E-state index is 11.6. The number of alkyl halides is 1. The highest BCUT2D eigenvalue weighted by Crippen LogP contribution is 2.13. The van der Waals surface area contributed by atoms with Gasteiger partial charge in [0.2, 0.25) is 10.0 Å². The maximum absolute atomic E-state index is 11.6. The Hall–Kier alpha value is 0.350. The number of ether oxygens (including phenoxy) is 1. The highest BCUT2D eigenvalue weighted by atomic mass is 79.9. The van der Waals surface area contributed by atoms with Crippen LogP contribution >= 0.6 is 15.9 Å². The summed E-state index contributed by atoms with van der Waals surface area (Å²) in [6.45, 7) is 6.45. The lowest BCUT2D eigenvalue weighted by Gasteiger charge is -2.26. The van der Waals surface area contributed by atoms with Crippen molar-refractivity contribution in [2.24, 2.45) is 0 Å². The topological polar surface area (TPSA) is 55.4 Å². The average Bonchev–Trinajstić information content (AvgIpc) is 2.17. The highest BCUT2D eigenvalue weighted by molar-refractivity contribution is 9.09. The third kappa shape index (κ3) is 6.50. The summed E-state index contributed by atoms with van der Waals surface area (Å²) < 4.78 is 30.9. The number of halogens is 1. The van der Waals surface area contributed by atoms with Crippen molar-refractivity contribution in [1.29, 1.82) is 0 Å². The molecule has 0 aromatic heterocycles. The van der Waals surface area contributed by atoms with E-state index in [9.17, 15) is 8.42 Å². The van der Waals surface area contributed by atoms with Crippen LogP contribution in [-0.4, -0.2) is 38.3 Å². The Labute approximate surface area is 101 Å². The van der Waals surface area contributed by atoms with Gasteiger partial charge in [0.15, 0.2) is 0 Å². The summed E-state index contributed by atoms with van der Waals surface area (Å²) in [7, 11) is -3.24. The van der Waals surface area contributed by atoms with Gasteiger partial charge in [0, 0.05) is 17.5 Å². The van der Waals surface area contributed by atoms with E-state index in [2.05, 4.69) is 20.7 Å². The Kier molecular flexibility index (Phi) is 6.99. The molecule has 0 rings (SSSR count). The molecule has 0 aliphatic heterocycles. The molecule has 0 saturated carbocycles. The zero-order valence-corrected chi connectivity index (χ0v) is 11.9. The standard InChI is InChI=1S/C9H20BrNO3S/c1-4-9(3,8-10)11-15(12,13)7-6-14-5-2/h11H,4-8H2,1-3H3. The minimum atomic E-state index is -3.24. The van der Waals surface area contributed by atoms with Gasteiger partial charge in [0.05, 0.1) is 12.4 Å². The molecule has 1 N–H and O–H groups in total. The molecule has 4 nitrogen and oxygen atoms in total. The molecule has 0 aromatic rings. The van der Waals surface area contributed by atoms with Crippen LogP contribution in [-0.2, 0) is 14.8 Å². The fourth-order valence-corrected chi connectivity index (χ4v) is 3.06. The molecule has 0 bridgehead atoms. The predicted molar refractivity (Wildman–Crippen MR) is 65.9 cm³/mol. The number of hydrogen-bond acceptors (Lipinski definition) is 3. The van der Waals surface area contributed by atoms with E-state index in [4.69, 9.17) is 4.74 Å². The number of hydrogen-bond donors (Lipinski definition) is 1. The molecular weight excluding hydrogens is 282 g/mol. The van der Waals surface area contributed by atoms with E-state index in [1.165, 1.54) is 0 Å². The van der Waals surface area contributed by atoms with Gasteiger partial charge in [-0.1, -0.05) is 22.9 Å². The van der Waals surface area contributed by atoms with Crippen LogP contribution in [0.25, 0.3) is 0 Å². The van der Waals surface area contributed by atoms with Crippen molar-refractivity contribution in [3.05, 3.63) is 0 Å². The molecule has 0 aliphatic rings. The predicted octanol–water partition coefficient (Wildman–Crippen LogP) is 1.51. The molecule has 0 spiro atoms. The molecule has 0 aliphatic carbocycles. The summed E-state index contributed by atoms with van der Waals surface area (Å²) in [5.74, 6) is 0.0173. The fourth-order valence-electron chi connectivity index (χ4n) is 0.933. The summed E-state index contributed by atoms with van der Waals surface area (Å²) in [5, 5.41) is 0.602. The van der Waals surface area contributed by atoms with Crippen molar-refractivity contribution in [3.8, 4) is 0 Å². The molecule has 15 heavy (non-hydrogen) atoms. The highest BCUT2D eigenvalue weighted by Gasteiger charge is 2.26. The Balaban J connectivity index is 4.24. The molecule has 0 saturated heterocycles. The summed E-state index contributed by atoms with van der Waals surface area (Å²) in [5.41, 5.74) is -0.412. The first kappa shape index (κ1) is 15.3. The average molecular weight is 302 g/mol. The first-order valence-corrected chi connectivity index (χ1v) is 7.82. The van der Waals surface area contributed by atoms with Crippen molar-refractivity contribution in [2.45, 2.75) is 32.7 Å². The second kappa shape index (κ2) is 6.83. The number of nitrogens with one attached hydrogen (secondary N) is 1.